The molecular weight excluding hydrogens is 302 g/mol. The van der Waals surface area contributed by atoms with Crippen LogP contribution >= 0.6 is 15.9 Å². The van der Waals surface area contributed by atoms with Gasteiger partial charge in [-0.25, -0.2) is 4.98 Å². The summed E-state index contributed by atoms with van der Waals surface area (Å²) in [5, 5.41) is 0. The van der Waals surface area contributed by atoms with Crippen LogP contribution in [0.5, 0.6) is 0 Å². The highest BCUT2D eigenvalue weighted by molar-refractivity contribution is 9.10. The molecule has 0 spiro atoms. The van der Waals surface area contributed by atoms with Gasteiger partial charge in [0.25, 0.3) is 0 Å². The highest BCUT2D eigenvalue weighted by Gasteiger charge is 2.10. The van der Waals surface area contributed by atoms with E-state index in [0.717, 1.165) is 32.5 Å². The molecule has 3 rings (SSSR count). The van der Waals surface area contributed by atoms with Gasteiger partial charge in [0, 0.05) is 16.6 Å². The van der Waals surface area contributed by atoms with Crippen LogP contribution in [-0.2, 0) is 6.54 Å². The van der Waals surface area contributed by atoms with Crippen LogP contribution < -0.4 is 5.73 Å². The van der Waals surface area contributed by atoms with Gasteiger partial charge < -0.3 is 10.7 Å². The standard InChI is InChI=1S/C15H14BrN3/c1-9-7-11(16)5-6-12(9)15-18-13-4-2-3-10(8-17)14(13)19-15/h2-7H,8,17H2,1H3,(H,18,19). The highest BCUT2D eigenvalue weighted by Crippen LogP contribution is 2.27. The number of aromatic nitrogens is 2. The largest absolute Gasteiger partial charge is 0.338 e. The van der Waals surface area contributed by atoms with Crippen LogP contribution in [0.1, 0.15) is 11.1 Å². The number of benzene rings is 2. The number of aromatic amines is 1. The quantitative estimate of drug-likeness (QED) is 0.756. The molecule has 1 heterocycles. The minimum absolute atomic E-state index is 0.501. The van der Waals surface area contributed by atoms with E-state index in [9.17, 15) is 0 Å². The number of imidazole rings is 1. The summed E-state index contributed by atoms with van der Waals surface area (Å²) in [7, 11) is 0. The Kier molecular flexibility index (Phi) is 3.12. The van der Waals surface area contributed by atoms with Crippen LogP contribution in [0.25, 0.3) is 22.4 Å². The first kappa shape index (κ1) is 12.4. The third-order valence-electron chi connectivity index (χ3n) is 3.26. The minimum atomic E-state index is 0.501. The highest BCUT2D eigenvalue weighted by atomic mass is 79.9. The van der Waals surface area contributed by atoms with E-state index < -0.39 is 0 Å². The van der Waals surface area contributed by atoms with E-state index in [1.54, 1.807) is 0 Å². The zero-order valence-corrected chi connectivity index (χ0v) is 12.2. The zero-order chi connectivity index (χ0) is 13.4. The van der Waals surface area contributed by atoms with Gasteiger partial charge in [-0.3, -0.25) is 0 Å². The second-order valence-electron chi connectivity index (χ2n) is 4.56. The molecule has 0 fully saturated rings. The van der Waals surface area contributed by atoms with Crippen LogP contribution in [0.15, 0.2) is 40.9 Å². The fraction of sp³-hybridized carbons (Fsp3) is 0.133. The SMILES string of the molecule is Cc1cc(Br)ccc1-c1nc2c(CN)cccc2[nH]1. The van der Waals surface area contributed by atoms with Crippen molar-refractivity contribution >= 4 is 27.0 Å². The molecule has 0 aliphatic carbocycles. The molecule has 0 bridgehead atoms. The molecule has 0 atom stereocenters. The van der Waals surface area contributed by atoms with Crippen molar-refractivity contribution in [3.05, 3.63) is 52.0 Å². The van der Waals surface area contributed by atoms with Crippen LogP contribution in [0.3, 0.4) is 0 Å². The summed E-state index contributed by atoms with van der Waals surface area (Å²) in [6.45, 7) is 2.58. The summed E-state index contributed by atoms with van der Waals surface area (Å²) in [6.07, 6.45) is 0. The van der Waals surface area contributed by atoms with Crippen molar-refractivity contribution < 1.29 is 0 Å². The lowest BCUT2D eigenvalue weighted by molar-refractivity contribution is 1.08. The third kappa shape index (κ3) is 2.17. The molecule has 3 nitrogen and oxygen atoms in total. The van der Waals surface area contributed by atoms with Crippen molar-refractivity contribution in [2.45, 2.75) is 13.5 Å². The average Bonchev–Trinajstić information content (AvgIpc) is 2.81. The number of rotatable bonds is 2. The topological polar surface area (TPSA) is 54.7 Å². The second kappa shape index (κ2) is 4.79. The van der Waals surface area contributed by atoms with E-state index in [0.29, 0.717) is 6.54 Å². The molecule has 19 heavy (non-hydrogen) atoms. The van der Waals surface area contributed by atoms with Crippen molar-refractivity contribution in [3.63, 3.8) is 0 Å². The van der Waals surface area contributed by atoms with Crippen molar-refractivity contribution in [2.24, 2.45) is 5.73 Å². The minimum Gasteiger partial charge on any atom is -0.338 e. The number of nitrogens with zero attached hydrogens (tertiary/aromatic N) is 1. The van der Waals surface area contributed by atoms with Crippen molar-refractivity contribution in [3.8, 4) is 11.4 Å². The molecule has 3 aromatic rings. The monoisotopic (exact) mass is 315 g/mol. The number of fused-ring (bicyclic) bond motifs is 1. The molecule has 4 heteroatoms. The van der Waals surface area contributed by atoms with E-state index in [4.69, 9.17) is 10.7 Å². The molecule has 0 amide bonds. The number of nitrogens with two attached hydrogens (primary N) is 1. The van der Waals surface area contributed by atoms with Gasteiger partial charge >= 0.3 is 0 Å². The first-order valence-electron chi connectivity index (χ1n) is 6.13. The van der Waals surface area contributed by atoms with Crippen molar-refractivity contribution in [1.82, 2.24) is 9.97 Å². The lowest BCUT2D eigenvalue weighted by Crippen LogP contribution is -1.96. The zero-order valence-electron chi connectivity index (χ0n) is 10.6. The Balaban J connectivity index is 2.20. The summed E-state index contributed by atoms with van der Waals surface area (Å²) in [6, 6.07) is 12.2. The molecular formula is C15H14BrN3. The van der Waals surface area contributed by atoms with Gasteiger partial charge in [-0.05, 0) is 42.3 Å². The third-order valence-corrected chi connectivity index (χ3v) is 3.75. The fourth-order valence-corrected chi connectivity index (χ4v) is 2.75. The molecule has 2 aromatic carbocycles. The van der Waals surface area contributed by atoms with Crippen LogP contribution in [0.2, 0.25) is 0 Å². The Labute approximate surface area is 120 Å². The maximum absolute atomic E-state index is 5.75. The lowest BCUT2D eigenvalue weighted by atomic mass is 10.1. The maximum atomic E-state index is 5.75. The van der Waals surface area contributed by atoms with E-state index in [-0.39, 0.29) is 0 Å². The van der Waals surface area contributed by atoms with E-state index in [1.807, 2.05) is 24.3 Å². The number of nitrogens with one attached hydrogen (secondary N) is 1. The smallest absolute Gasteiger partial charge is 0.138 e. The predicted octanol–water partition coefficient (Wildman–Crippen LogP) is 3.76. The summed E-state index contributed by atoms with van der Waals surface area (Å²) in [5.41, 5.74) is 11.1. The molecule has 0 radical (unpaired) electrons. The van der Waals surface area contributed by atoms with Gasteiger partial charge in [0.15, 0.2) is 0 Å². The maximum Gasteiger partial charge on any atom is 0.138 e. The summed E-state index contributed by atoms with van der Waals surface area (Å²) in [5.74, 6) is 0.890. The molecule has 0 saturated carbocycles. The van der Waals surface area contributed by atoms with E-state index >= 15 is 0 Å². The Morgan fingerprint density at radius 2 is 2.11 bits per heavy atom. The van der Waals surface area contributed by atoms with E-state index in [2.05, 4.69) is 40.0 Å². The predicted molar refractivity (Wildman–Crippen MR) is 81.9 cm³/mol. The summed E-state index contributed by atoms with van der Waals surface area (Å²) in [4.78, 5) is 8.06. The fourth-order valence-electron chi connectivity index (χ4n) is 2.28. The van der Waals surface area contributed by atoms with E-state index in [1.165, 1.54) is 5.56 Å². The van der Waals surface area contributed by atoms with Gasteiger partial charge in [0.1, 0.15) is 5.82 Å². The number of hydrogen-bond donors (Lipinski definition) is 2. The lowest BCUT2D eigenvalue weighted by Gasteiger charge is -2.02. The summed E-state index contributed by atoms with van der Waals surface area (Å²) >= 11 is 3.48. The Hall–Kier alpha value is -1.65. The molecule has 0 unspecified atom stereocenters. The normalized spacial score (nSPS) is 11.1. The van der Waals surface area contributed by atoms with Gasteiger partial charge in [-0.1, -0.05) is 28.1 Å². The van der Waals surface area contributed by atoms with Crippen molar-refractivity contribution in [2.75, 3.05) is 0 Å². The Morgan fingerprint density at radius 3 is 2.84 bits per heavy atom. The molecule has 0 aliphatic heterocycles. The van der Waals surface area contributed by atoms with Gasteiger partial charge in [-0.15, -0.1) is 0 Å². The number of para-hydroxylation sites is 1. The molecule has 96 valence electrons. The van der Waals surface area contributed by atoms with Gasteiger partial charge in [-0.2, -0.15) is 0 Å². The van der Waals surface area contributed by atoms with Crippen molar-refractivity contribution in [1.29, 1.82) is 0 Å². The molecule has 0 saturated heterocycles. The van der Waals surface area contributed by atoms with Crippen LogP contribution in [-0.4, -0.2) is 9.97 Å². The first-order chi connectivity index (χ1) is 9.19. The first-order valence-corrected chi connectivity index (χ1v) is 6.92. The molecule has 1 aromatic heterocycles. The molecule has 3 N–H and O–H groups in total. The second-order valence-corrected chi connectivity index (χ2v) is 5.48. The number of halogens is 1. The Morgan fingerprint density at radius 1 is 1.26 bits per heavy atom. The van der Waals surface area contributed by atoms with Gasteiger partial charge in [0.2, 0.25) is 0 Å². The number of hydrogen-bond acceptors (Lipinski definition) is 2. The molecule has 0 aliphatic rings. The van der Waals surface area contributed by atoms with Gasteiger partial charge in [0.05, 0.1) is 11.0 Å². The van der Waals surface area contributed by atoms with Crippen LogP contribution in [0.4, 0.5) is 0 Å². The van der Waals surface area contributed by atoms with Crippen LogP contribution in [0, 0.1) is 6.92 Å². The Bertz CT molecular complexity index is 746. The number of H-pyrrole nitrogens is 1. The summed E-state index contributed by atoms with van der Waals surface area (Å²) < 4.78 is 1.08. The number of aryl methyl sites for hydroxylation is 1. The average molecular weight is 316 g/mol.